The van der Waals surface area contributed by atoms with Crippen LogP contribution in [0.1, 0.15) is 52.8 Å². The van der Waals surface area contributed by atoms with Crippen LogP contribution in [0.4, 0.5) is 0 Å². The van der Waals surface area contributed by atoms with Crippen molar-refractivity contribution in [3.8, 4) is 5.69 Å². The molecule has 0 radical (unpaired) electrons. The summed E-state index contributed by atoms with van der Waals surface area (Å²) in [6.45, 7) is 8.11. The summed E-state index contributed by atoms with van der Waals surface area (Å²) in [7, 11) is 0. The lowest BCUT2D eigenvalue weighted by atomic mass is 10.0. The van der Waals surface area contributed by atoms with Crippen LogP contribution in [0, 0.1) is 13.8 Å². The largest absolute Gasteiger partial charge is 0.480 e. The molecule has 0 bridgehead atoms. The first-order chi connectivity index (χ1) is 13.8. The van der Waals surface area contributed by atoms with Crippen LogP contribution in [-0.2, 0) is 17.9 Å². The van der Waals surface area contributed by atoms with E-state index in [-0.39, 0.29) is 19.0 Å². The quantitative estimate of drug-likeness (QED) is 0.640. The van der Waals surface area contributed by atoms with Crippen LogP contribution in [0.2, 0.25) is 0 Å². The van der Waals surface area contributed by atoms with Gasteiger partial charge in [-0.15, -0.1) is 5.10 Å². The van der Waals surface area contributed by atoms with Gasteiger partial charge in [0.2, 0.25) is 0 Å². The minimum atomic E-state index is -1.00. The number of aromatic nitrogens is 4. The van der Waals surface area contributed by atoms with Gasteiger partial charge in [-0.2, -0.15) is 0 Å². The van der Waals surface area contributed by atoms with Crippen LogP contribution in [0.3, 0.4) is 0 Å². The molecule has 0 fully saturated rings. The van der Waals surface area contributed by atoms with Gasteiger partial charge in [0.15, 0.2) is 0 Å². The molecule has 3 aromatic rings. The topological polar surface area (TPSA) is 102 Å². The maximum Gasteiger partial charge on any atom is 0.325 e. The van der Waals surface area contributed by atoms with E-state index in [2.05, 4.69) is 58.3 Å². The van der Waals surface area contributed by atoms with E-state index in [1.807, 2.05) is 19.9 Å². The Morgan fingerprint density at radius 2 is 1.86 bits per heavy atom. The Labute approximate surface area is 169 Å². The molecule has 3 rings (SSSR count). The van der Waals surface area contributed by atoms with Crippen LogP contribution in [-0.4, -0.2) is 36.5 Å². The van der Waals surface area contributed by atoms with Gasteiger partial charge < -0.3 is 15.0 Å². The second kappa shape index (κ2) is 8.30. The van der Waals surface area contributed by atoms with E-state index in [1.165, 1.54) is 16.4 Å². The molecule has 1 amide bonds. The summed E-state index contributed by atoms with van der Waals surface area (Å²) in [6.07, 6.45) is 1.51. The van der Waals surface area contributed by atoms with Gasteiger partial charge in [-0.3, -0.25) is 9.59 Å². The normalized spacial score (nSPS) is 11.1. The first-order valence-electron chi connectivity index (χ1n) is 9.44. The van der Waals surface area contributed by atoms with E-state index in [4.69, 9.17) is 5.11 Å². The average molecular weight is 395 g/mol. The number of aliphatic carboxylic acids is 1. The summed E-state index contributed by atoms with van der Waals surface area (Å²) >= 11 is 0. The number of carboxylic acids is 1. The van der Waals surface area contributed by atoms with E-state index >= 15 is 0 Å². The van der Waals surface area contributed by atoms with Crippen LogP contribution in [0.5, 0.6) is 0 Å². The molecular weight excluding hydrogens is 370 g/mol. The number of carboxylic acid groups (broad SMARTS) is 1. The molecule has 8 heteroatoms. The lowest BCUT2D eigenvalue weighted by Gasteiger charge is -2.12. The van der Waals surface area contributed by atoms with Crippen molar-refractivity contribution in [1.82, 2.24) is 24.9 Å². The van der Waals surface area contributed by atoms with Gasteiger partial charge in [0.25, 0.3) is 5.91 Å². The second-order valence-corrected chi connectivity index (χ2v) is 7.35. The number of hydrogen-bond acceptors (Lipinski definition) is 4. The number of nitrogens with zero attached hydrogens (tertiary/aromatic N) is 4. The molecule has 2 heterocycles. The molecule has 0 aliphatic carbocycles. The molecule has 0 aliphatic rings. The van der Waals surface area contributed by atoms with E-state index in [9.17, 15) is 9.59 Å². The summed E-state index contributed by atoms with van der Waals surface area (Å²) in [5.74, 6) is -0.749. The predicted octanol–water partition coefficient (Wildman–Crippen LogP) is 2.82. The van der Waals surface area contributed by atoms with Crippen LogP contribution in [0.15, 0.2) is 36.5 Å². The maximum atomic E-state index is 12.7. The fourth-order valence-electron chi connectivity index (χ4n) is 3.30. The number of aryl methyl sites for hydroxylation is 1. The Balaban J connectivity index is 1.74. The minimum absolute atomic E-state index is 0.172. The van der Waals surface area contributed by atoms with Gasteiger partial charge in [-0.1, -0.05) is 31.2 Å². The SMILES string of the molecule is Cc1cc(C(=O)NCc2cn(CC(=O)O)nn2)c(C)n1-c1ccc(C(C)C)cc1. The lowest BCUT2D eigenvalue weighted by molar-refractivity contribution is -0.137. The van der Waals surface area contributed by atoms with Crippen molar-refractivity contribution in [2.75, 3.05) is 0 Å². The fourth-order valence-corrected chi connectivity index (χ4v) is 3.30. The summed E-state index contributed by atoms with van der Waals surface area (Å²) in [6, 6.07) is 10.2. The van der Waals surface area contributed by atoms with Crippen molar-refractivity contribution in [2.45, 2.75) is 46.7 Å². The third-order valence-corrected chi connectivity index (χ3v) is 4.81. The molecule has 2 N–H and O–H groups in total. The first-order valence-corrected chi connectivity index (χ1v) is 9.44. The zero-order valence-corrected chi connectivity index (χ0v) is 17.0. The third kappa shape index (κ3) is 4.53. The standard InChI is InChI=1S/C21H25N5O3/c1-13(2)16-5-7-18(8-6-16)26-14(3)9-19(15(26)4)21(29)22-10-17-11-25(24-23-17)12-20(27)28/h5-9,11,13H,10,12H2,1-4H3,(H,22,29)(H,27,28). The number of carbonyl (C=O) groups is 2. The lowest BCUT2D eigenvalue weighted by Crippen LogP contribution is -2.23. The summed E-state index contributed by atoms with van der Waals surface area (Å²) in [5, 5.41) is 19.2. The number of rotatable bonds is 7. The maximum absolute atomic E-state index is 12.7. The van der Waals surface area contributed by atoms with Gasteiger partial charge in [-0.05, 0) is 43.5 Å². The molecular formula is C21H25N5O3. The molecule has 152 valence electrons. The molecule has 0 spiro atoms. The monoisotopic (exact) mass is 395 g/mol. The van der Waals surface area contributed by atoms with Crippen LogP contribution < -0.4 is 5.32 Å². The molecule has 1 aromatic carbocycles. The van der Waals surface area contributed by atoms with Crippen molar-refractivity contribution >= 4 is 11.9 Å². The third-order valence-electron chi connectivity index (χ3n) is 4.81. The summed E-state index contributed by atoms with van der Waals surface area (Å²) < 4.78 is 3.28. The van der Waals surface area contributed by atoms with Gasteiger partial charge in [0, 0.05) is 17.1 Å². The zero-order valence-electron chi connectivity index (χ0n) is 17.0. The Kier molecular flexibility index (Phi) is 5.81. The smallest absolute Gasteiger partial charge is 0.325 e. The average Bonchev–Trinajstić information content (AvgIpc) is 3.23. The molecule has 29 heavy (non-hydrogen) atoms. The Morgan fingerprint density at radius 1 is 1.17 bits per heavy atom. The highest BCUT2D eigenvalue weighted by atomic mass is 16.4. The first kappa shape index (κ1) is 20.3. The van der Waals surface area contributed by atoms with E-state index in [0.29, 0.717) is 17.2 Å². The molecule has 2 aromatic heterocycles. The molecule has 0 unspecified atom stereocenters. The highest BCUT2D eigenvalue weighted by molar-refractivity contribution is 5.95. The van der Waals surface area contributed by atoms with Crippen molar-refractivity contribution in [2.24, 2.45) is 0 Å². The van der Waals surface area contributed by atoms with Crippen molar-refractivity contribution in [3.63, 3.8) is 0 Å². The molecule has 0 aliphatic heterocycles. The van der Waals surface area contributed by atoms with E-state index in [0.717, 1.165) is 17.1 Å². The van der Waals surface area contributed by atoms with Crippen molar-refractivity contribution in [3.05, 3.63) is 64.7 Å². The van der Waals surface area contributed by atoms with Crippen molar-refractivity contribution in [1.29, 1.82) is 0 Å². The highest BCUT2D eigenvalue weighted by Gasteiger charge is 2.17. The fraction of sp³-hybridized carbons (Fsp3) is 0.333. The molecule has 0 saturated carbocycles. The Hall–Kier alpha value is -3.42. The van der Waals surface area contributed by atoms with Crippen LogP contribution in [0.25, 0.3) is 5.69 Å². The summed E-state index contributed by atoms with van der Waals surface area (Å²) in [5.41, 5.74) is 5.19. The molecule has 0 atom stereocenters. The van der Waals surface area contributed by atoms with E-state index < -0.39 is 5.97 Å². The number of amides is 1. The van der Waals surface area contributed by atoms with Gasteiger partial charge in [0.05, 0.1) is 18.3 Å². The number of carbonyl (C=O) groups excluding carboxylic acids is 1. The molecule has 8 nitrogen and oxygen atoms in total. The molecule has 0 saturated heterocycles. The van der Waals surface area contributed by atoms with Gasteiger partial charge in [0.1, 0.15) is 12.2 Å². The number of nitrogens with one attached hydrogen (secondary N) is 1. The van der Waals surface area contributed by atoms with Gasteiger partial charge >= 0.3 is 5.97 Å². The van der Waals surface area contributed by atoms with Crippen molar-refractivity contribution < 1.29 is 14.7 Å². The Morgan fingerprint density at radius 3 is 2.48 bits per heavy atom. The Bertz CT molecular complexity index is 1030. The van der Waals surface area contributed by atoms with Gasteiger partial charge in [-0.25, -0.2) is 4.68 Å². The summed E-state index contributed by atoms with van der Waals surface area (Å²) in [4.78, 5) is 23.4. The second-order valence-electron chi connectivity index (χ2n) is 7.35. The minimum Gasteiger partial charge on any atom is -0.480 e. The van der Waals surface area contributed by atoms with E-state index in [1.54, 1.807) is 0 Å². The zero-order chi connectivity index (χ0) is 21.1. The number of benzene rings is 1. The predicted molar refractivity (Wildman–Crippen MR) is 108 cm³/mol. The highest BCUT2D eigenvalue weighted by Crippen LogP contribution is 2.23. The van der Waals surface area contributed by atoms with Crippen LogP contribution >= 0.6 is 0 Å². The number of hydrogen-bond donors (Lipinski definition) is 2.